The Labute approximate surface area is 326 Å². The summed E-state index contributed by atoms with van der Waals surface area (Å²) < 4.78 is 61.4. The Morgan fingerprint density at radius 1 is 0.291 bits per heavy atom. The molecule has 0 amide bonds. The molecule has 286 valence electrons. The fourth-order valence-electron chi connectivity index (χ4n) is 5.38. The molecule has 55 heavy (non-hydrogen) atoms. The van der Waals surface area contributed by atoms with Crippen LogP contribution in [0.4, 0.5) is 0 Å². The quantitative estimate of drug-likeness (QED) is 0.0782. The van der Waals surface area contributed by atoms with Crippen LogP contribution in [-0.2, 0) is 0 Å². The first-order valence-corrected chi connectivity index (χ1v) is 21.6. The Bertz CT molecular complexity index is 1920. The van der Waals surface area contributed by atoms with Gasteiger partial charge < -0.3 is 46.1 Å². The highest BCUT2D eigenvalue weighted by molar-refractivity contribution is 8.32. The summed E-state index contributed by atoms with van der Waals surface area (Å²) in [6.07, 6.45) is 4.35. The van der Waals surface area contributed by atoms with Crippen LogP contribution in [0.2, 0.25) is 0 Å². The van der Waals surface area contributed by atoms with Gasteiger partial charge in [-0.15, -0.1) is 0 Å². The molecule has 6 aromatic rings. The van der Waals surface area contributed by atoms with Crippen molar-refractivity contribution in [2.24, 2.45) is 0 Å². The first kappa shape index (κ1) is 39.2. The van der Waals surface area contributed by atoms with Crippen molar-refractivity contribution in [3.05, 3.63) is 146 Å². The zero-order valence-corrected chi connectivity index (χ0v) is 33.8. The van der Waals surface area contributed by atoms with E-state index in [2.05, 4.69) is 12.5 Å². The molecule has 6 aromatic carbocycles. The van der Waals surface area contributed by atoms with Gasteiger partial charge in [0.1, 0.15) is 11.5 Å². The van der Waals surface area contributed by atoms with Crippen molar-refractivity contribution >= 4 is 27.2 Å². The minimum absolute atomic E-state index is 0.465. The van der Waals surface area contributed by atoms with E-state index in [-0.39, 0.29) is 0 Å². The Morgan fingerprint density at radius 3 is 0.745 bits per heavy atom. The highest BCUT2D eigenvalue weighted by atomic mass is 32.3. The molecular formula is C42H42O10P2S. The van der Waals surface area contributed by atoms with E-state index in [0.29, 0.717) is 57.5 Å². The molecule has 10 nitrogen and oxygen atoms in total. The number of ether oxygens (including phenoxy) is 4. The topological polar surface area (TPSA) is 92.3 Å². The number of rotatable bonds is 18. The summed E-state index contributed by atoms with van der Waals surface area (Å²) >= 11 is 0. The van der Waals surface area contributed by atoms with Gasteiger partial charge in [0.05, 0.1) is 28.4 Å². The molecule has 6 rings (SSSR count). The summed E-state index contributed by atoms with van der Waals surface area (Å²) in [4.78, 5) is 1.85. The highest BCUT2D eigenvalue weighted by Crippen LogP contribution is 2.64. The highest BCUT2D eigenvalue weighted by Gasteiger charge is 2.32. The zero-order chi connectivity index (χ0) is 38.6. The zero-order valence-electron chi connectivity index (χ0n) is 31.2. The summed E-state index contributed by atoms with van der Waals surface area (Å²) in [6, 6.07) is 45.0. The van der Waals surface area contributed by atoms with Gasteiger partial charge in [0.2, 0.25) is 0 Å². The molecule has 0 spiro atoms. The molecule has 0 radical (unpaired) electrons. The summed E-state index contributed by atoms with van der Waals surface area (Å²) in [5.41, 5.74) is 0. The second kappa shape index (κ2) is 18.7. The SMILES string of the molecule is COc1ccccc1OP(Oc1ccccc1OC)Oc1ccccc1S(C)(C)c1ccccc1OP(Oc1ccccc1OC)Oc1ccccc1OC. The van der Waals surface area contributed by atoms with E-state index in [4.69, 9.17) is 46.1 Å². The minimum Gasteiger partial charge on any atom is -0.493 e. The molecule has 0 fully saturated rings. The predicted molar refractivity (Wildman–Crippen MR) is 218 cm³/mol. The van der Waals surface area contributed by atoms with E-state index in [1.54, 1.807) is 52.7 Å². The van der Waals surface area contributed by atoms with Crippen LogP contribution >= 0.6 is 27.2 Å². The average Bonchev–Trinajstić information content (AvgIpc) is 3.22. The molecular weight excluding hydrogens is 758 g/mol. The lowest BCUT2D eigenvalue weighted by Gasteiger charge is -2.35. The second-order valence-corrected chi connectivity index (χ2v) is 17.3. The van der Waals surface area contributed by atoms with Crippen molar-refractivity contribution in [2.75, 3.05) is 41.0 Å². The van der Waals surface area contributed by atoms with Crippen molar-refractivity contribution in [1.29, 1.82) is 0 Å². The van der Waals surface area contributed by atoms with Gasteiger partial charge in [-0.25, -0.2) is 0 Å². The number of benzene rings is 6. The molecule has 0 aromatic heterocycles. The van der Waals surface area contributed by atoms with Crippen LogP contribution in [0.25, 0.3) is 0 Å². The maximum Gasteiger partial charge on any atom is 0.530 e. The van der Waals surface area contributed by atoms with E-state index in [9.17, 15) is 0 Å². The average molecular weight is 801 g/mol. The van der Waals surface area contributed by atoms with Gasteiger partial charge >= 0.3 is 17.2 Å². The van der Waals surface area contributed by atoms with Crippen LogP contribution < -0.4 is 46.1 Å². The van der Waals surface area contributed by atoms with Crippen LogP contribution in [0.5, 0.6) is 57.5 Å². The number of hydrogen-bond donors (Lipinski definition) is 0. The molecule has 13 heteroatoms. The molecule has 0 atom stereocenters. The molecule has 0 aliphatic rings. The van der Waals surface area contributed by atoms with Crippen LogP contribution in [-0.4, -0.2) is 41.0 Å². The molecule has 0 saturated heterocycles. The molecule has 0 aliphatic heterocycles. The van der Waals surface area contributed by atoms with Gasteiger partial charge in [-0.1, -0.05) is 72.8 Å². The second-order valence-electron chi connectivity index (χ2n) is 11.8. The predicted octanol–water partition coefficient (Wildman–Crippen LogP) is 11.7. The van der Waals surface area contributed by atoms with Gasteiger partial charge in [0.15, 0.2) is 46.0 Å². The summed E-state index contributed by atoms with van der Waals surface area (Å²) in [5.74, 6) is 5.16. The molecule has 0 bridgehead atoms. The third-order valence-electron chi connectivity index (χ3n) is 8.11. The van der Waals surface area contributed by atoms with Crippen LogP contribution in [0.3, 0.4) is 0 Å². The molecule has 0 N–H and O–H groups in total. The van der Waals surface area contributed by atoms with E-state index in [1.165, 1.54) is 0 Å². The van der Waals surface area contributed by atoms with Gasteiger partial charge in [0, 0.05) is 9.79 Å². The number of methoxy groups -OCH3 is 4. The van der Waals surface area contributed by atoms with Crippen molar-refractivity contribution < 1.29 is 46.1 Å². The Morgan fingerprint density at radius 2 is 0.491 bits per heavy atom. The van der Waals surface area contributed by atoms with E-state index in [0.717, 1.165) is 9.79 Å². The molecule has 0 saturated carbocycles. The minimum atomic E-state index is -2.09. The Hall–Kier alpha value is -5.47. The Balaban J connectivity index is 1.36. The van der Waals surface area contributed by atoms with Gasteiger partial charge in [0.25, 0.3) is 0 Å². The lowest BCUT2D eigenvalue weighted by atomic mass is 10.3. The van der Waals surface area contributed by atoms with E-state index < -0.39 is 27.2 Å². The van der Waals surface area contributed by atoms with E-state index >= 15 is 0 Å². The van der Waals surface area contributed by atoms with Gasteiger partial charge in [-0.2, -0.15) is 10.0 Å². The lowest BCUT2D eigenvalue weighted by molar-refractivity contribution is 0.345. The fourth-order valence-corrected chi connectivity index (χ4v) is 9.92. The van der Waals surface area contributed by atoms with Gasteiger partial charge in [-0.05, 0) is 85.3 Å². The maximum atomic E-state index is 6.71. The Kier molecular flexibility index (Phi) is 13.4. The normalized spacial score (nSPS) is 11.3. The maximum absolute atomic E-state index is 6.71. The number of para-hydroxylation sites is 10. The lowest BCUT2D eigenvalue weighted by Crippen LogP contribution is -2.08. The van der Waals surface area contributed by atoms with Crippen LogP contribution in [0.15, 0.2) is 155 Å². The van der Waals surface area contributed by atoms with Crippen LogP contribution in [0, 0.1) is 0 Å². The summed E-state index contributed by atoms with van der Waals surface area (Å²) in [7, 11) is 0.271. The van der Waals surface area contributed by atoms with Crippen molar-refractivity contribution in [2.45, 2.75) is 9.79 Å². The summed E-state index contributed by atoms with van der Waals surface area (Å²) in [6.45, 7) is 0. The van der Waals surface area contributed by atoms with E-state index in [1.807, 2.05) is 121 Å². The fraction of sp³-hybridized carbons (Fsp3) is 0.143. The van der Waals surface area contributed by atoms with Crippen molar-refractivity contribution in [1.82, 2.24) is 0 Å². The van der Waals surface area contributed by atoms with Gasteiger partial charge in [-0.3, -0.25) is 0 Å². The summed E-state index contributed by atoms with van der Waals surface area (Å²) in [5, 5.41) is 0. The van der Waals surface area contributed by atoms with Crippen LogP contribution in [0.1, 0.15) is 0 Å². The molecule has 0 heterocycles. The third kappa shape index (κ3) is 9.62. The standard InChI is InChI=1S/C42H42O10P2S/c1-43-31-19-7-11-23-35(31)47-53(48-36-24-12-8-20-32(36)44-2)51-39-27-15-17-29-41(39)55(5,6)42-30-18-16-28-40(42)52-54(49-37-25-13-9-21-33(37)45-3)50-38-26-14-10-22-34(38)46-4/h7-30H,1-6H3. The molecule has 0 aliphatic carbocycles. The molecule has 0 unspecified atom stereocenters. The third-order valence-corrected chi connectivity index (χ3v) is 13.1. The smallest absolute Gasteiger partial charge is 0.493 e. The van der Waals surface area contributed by atoms with Crippen molar-refractivity contribution in [3.63, 3.8) is 0 Å². The first-order valence-electron chi connectivity index (χ1n) is 17.0. The van der Waals surface area contributed by atoms with Crippen molar-refractivity contribution in [3.8, 4) is 57.5 Å². The largest absolute Gasteiger partial charge is 0.530 e. The number of hydrogen-bond acceptors (Lipinski definition) is 10. The first-order chi connectivity index (χ1) is 26.8. The monoisotopic (exact) mass is 800 g/mol.